The molecule has 0 saturated carbocycles. The van der Waals surface area contributed by atoms with Crippen LogP contribution in [0.4, 0.5) is 5.82 Å². The summed E-state index contributed by atoms with van der Waals surface area (Å²) in [7, 11) is 0. The van der Waals surface area contributed by atoms with E-state index in [1.165, 1.54) is 5.56 Å². The lowest BCUT2D eigenvalue weighted by atomic mass is 10.2. The first-order chi connectivity index (χ1) is 6.72. The summed E-state index contributed by atoms with van der Waals surface area (Å²) in [4.78, 5) is 4.25. The van der Waals surface area contributed by atoms with Crippen LogP contribution in [0.2, 0.25) is 0 Å². The average Bonchev–Trinajstić information content (AvgIpc) is 2.21. The maximum absolute atomic E-state index is 5.80. The van der Waals surface area contributed by atoms with E-state index in [4.69, 9.17) is 5.73 Å². The van der Waals surface area contributed by atoms with Gasteiger partial charge in [-0.3, -0.25) is 0 Å². The number of nitrogens with zero attached hydrogens (tertiary/aromatic N) is 1. The summed E-state index contributed by atoms with van der Waals surface area (Å²) in [6.45, 7) is 5.03. The van der Waals surface area contributed by atoms with Crippen LogP contribution in [0.25, 0.3) is 0 Å². The molecule has 0 saturated heterocycles. The zero-order valence-electron chi connectivity index (χ0n) is 8.96. The number of nitrogens with two attached hydrogens (primary N) is 1. The number of anilines is 1. The summed E-state index contributed by atoms with van der Waals surface area (Å²) in [6.07, 6.45) is 3.89. The molecule has 3 heteroatoms. The minimum atomic E-state index is 0.299. The summed E-state index contributed by atoms with van der Waals surface area (Å²) in [6, 6.07) is 4.34. The zero-order valence-corrected chi connectivity index (χ0v) is 8.96. The molecule has 0 aliphatic heterocycles. The van der Waals surface area contributed by atoms with E-state index in [9.17, 15) is 0 Å². The summed E-state index contributed by atoms with van der Waals surface area (Å²) >= 11 is 0. The molecule has 1 unspecified atom stereocenters. The highest BCUT2D eigenvalue weighted by Gasteiger charge is 1.98. The number of aryl methyl sites for hydroxylation is 1. The maximum Gasteiger partial charge on any atom is 0.125 e. The third kappa shape index (κ3) is 3.75. The third-order valence-electron chi connectivity index (χ3n) is 2.26. The molecule has 3 nitrogen and oxygen atoms in total. The lowest BCUT2D eigenvalue weighted by Gasteiger charge is -2.09. The minimum absolute atomic E-state index is 0.299. The highest BCUT2D eigenvalue weighted by molar-refractivity contribution is 5.34. The predicted molar refractivity (Wildman–Crippen MR) is 60.3 cm³/mol. The molecule has 0 fully saturated rings. The van der Waals surface area contributed by atoms with Crippen LogP contribution in [-0.4, -0.2) is 17.6 Å². The standard InChI is InChI=1S/C11H19N3/c1-3-10(12)6-7-13-11-5-4-9(2)8-14-11/h4-5,8,10H,3,6-7,12H2,1-2H3,(H,13,14). The van der Waals surface area contributed by atoms with Crippen molar-refractivity contribution in [1.82, 2.24) is 4.98 Å². The number of rotatable bonds is 5. The molecule has 1 rings (SSSR count). The molecule has 0 aromatic carbocycles. The van der Waals surface area contributed by atoms with E-state index in [1.54, 1.807) is 0 Å². The predicted octanol–water partition coefficient (Wildman–Crippen LogP) is 1.93. The van der Waals surface area contributed by atoms with Gasteiger partial charge in [-0.1, -0.05) is 13.0 Å². The van der Waals surface area contributed by atoms with Crippen molar-refractivity contribution in [2.45, 2.75) is 32.7 Å². The number of hydrogen-bond acceptors (Lipinski definition) is 3. The second kappa shape index (κ2) is 5.60. The quantitative estimate of drug-likeness (QED) is 0.751. The molecule has 0 amide bonds. The second-order valence-corrected chi connectivity index (χ2v) is 3.60. The SMILES string of the molecule is CCC(N)CCNc1ccc(C)cn1. The van der Waals surface area contributed by atoms with Crippen LogP contribution in [0.15, 0.2) is 18.3 Å². The third-order valence-corrected chi connectivity index (χ3v) is 2.26. The smallest absolute Gasteiger partial charge is 0.125 e. The van der Waals surface area contributed by atoms with Gasteiger partial charge in [-0.2, -0.15) is 0 Å². The van der Waals surface area contributed by atoms with Crippen LogP contribution in [0.3, 0.4) is 0 Å². The molecule has 14 heavy (non-hydrogen) atoms. The van der Waals surface area contributed by atoms with Crippen LogP contribution >= 0.6 is 0 Å². The number of pyridine rings is 1. The van der Waals surface area contributed by atoms with Gasteiger partial charge in [0.2, 0.25) is 0 Å². The van der Waals surface area contributed by atoms with E-state index in [0.717, 1.165) is 25.2 Å². The van der Waals surface area contributed by atoms with Crippen LogP contribution in [-0.2, 0) is 0 Å². The molecular weight excluding hydrogens is 174 g/mol. The molecule has 0 aliphatic rings. The summed E-state index contributed by atoms with van der Waals surface area (Å²) < 4.78 is 0. The first-order valence-corrected chi connectivity index (χ1v) is 5.14. The van der Waals surface area contributed by atoms with Gasteiger partial charge in [0.25, 0.3) is 0 Å². The summed E-state index contributed by atoms with van der Waals surface area (Å²) in [5, 5.41) is 3.25. The molecule has 0 spiro atoms. The molecule has 1 heterocycles. The van der Waals surface area contributed by atoms with Crippen molar-refractivity contribution in [2.75, 3.05) is 11.9 Å². The molecule has 78 valence electrons. The van der Waals surface area contributed by atoms with Gasteiger partial charge in [-0.15, -0.1) is 0 Å². The molecule has 1 atom stereocenters. The van der Waals surface area contributed by atoms with Gasteiger partial charge in [0.1, 0.15) is 5.82 Å². The van der Waals surface area contributed by atoms with Crippen LogP contribution in [0.5, 0.6) is 0 Å². The largest absolute Gasteiger partial charge is 0.370 e. The molecule has 1 aromatic rings. The molecule has 0 aliphatic carbocycles. The Balaban J connectivity index is 2.28. The molecule has 0 bridgehead atoms. The van der Waals surface area contributed by atoms with E-state index < -0.39 is 0 Å². The van der Waals surface area contributed by atoms with Crippen molar-refractivity contribution in [3.8, 4) is 0 Å². The summed E-state index contributed by atoms with van der Waals surface area (Å²) in [5.74, 6) is 0.930. The second-order valence-electron chi connectivity index (χ2n) is 3.60. The molecule has 0 radical (unpaired) electrons. The van der Waals surface area contributed by atoms with E-state index in [0.29, 0.717) is 6.04 Å². The Morgan fingerprint density at radius 3 is 2.86 bits per heavy atom. The van der Waals surface area contributed by atoms with Gasteiger partial charge in [0.15, 0.2) is 0 Å². The van der Waals surface area contributed by atoms with Crippen molar-refractivity contribution < 1.29 is 0 Å². The number of hydrogen-bond donors (Lipinski definition) is 2. The van der Waals surface area contributed by atoms with Crippen molar-refractivity contribution in [2.24, 2.45) is 5.73 Å². The average molecular weight is 193 g/mol. The van der Waals surface area contributed by atoms with Crippen molar-refractivity contribution in [1.29, 1.82) is 0 Å². The van der Waals surface area contributed by atoms with Gasteiger partial charge >= 0.3 is 0 Å². The highest BCUT2D eigenvalue weighted by atomic mass is 15.0. The van der Waals surface area contributed by atoms with Gasteiger partial charge in [0, 0.05) is 18.8 Å². The van der Waals surface area contributed by atoms with Gasteiger partial charge in [0.05, 0.1) is 0 Å². The lowest BCUT2D eigenvalue weighted by Crippen LogP contribution is -2.22. The first-order valence-electron chi connectivity index (χ1n) is 5.14. The molecular formula is C11H19N3. The van der Waals surface area contributed by atoms with Gasteiger partial charge in [-0.25, -0.2) is 4.98 Å². The normalized spacial score (nSPS) is 12.5. The monoisotopic (exact) mass is 193 g/mol. The first kappa shape index (κ1) is 11.0. The van der Waals surface area contributed by atoms with Crippen LogP contribution in [0, 0.1) is 6.92 Å². The van der Waals surface area contributed by atoms with E-state index in [-0.39, 0.29) is 0 Å². The summed E-state index contributed by atoms with van der Waals surface area (Å²) in [5.41, 5.74) is 6.98. The fraction of sp³-hybridized carbons (Fsp3) is 0.545. The maximum atomic E-state index is 5.80. The number of nitrogens with one attached hydrogen (secondary N) is 1. The minimum Gasteiger partial charge on any atom is -0.370 e. The number of aromatic nitrogens is 1. The Morgan fingerprint density at radius 1 is 1.50 bits per heavy atom. The Morgan fingerprint density at radius 2 is 2.29 bits per heavy atom. The molecule has 3 N–H and O–H groups in total. The van der Waals surface area contributed by atoms with E-state index in [1.807, 2.05) is 19.2 Å². The van der Waals surface area contributed by atoms with Crippen molar-refractivity contribution in [3.05, 3.63) is 23.9 Å². The van der Waals surface area contributed by atoms with E-state index >= 15 is 0 Å². The zero-order chi connectivity index (χ0) is 10.4. The molecule has 1 aromatic heterocycles. The lowest BCUT2D eigenvalue weighted by molar-refractivity contribution is 0.613. The Hall–Kier alpha value is -1.09. The van der Waals surface area contributed by atoms with Crippen molar-refractivity contribution in [3.63, 3.8) is 0 Å². The fourth-order valence-corrected chi connectivity index (χ4v) is 1.16. The topological polar surface area (TPSA) is 50.9 Å². The van der Waals surface area contributed by atoms with Crippen molar-refractivity contribution >= 4 is 5.82 Å². The van der Waals surface area contributed by atoms with Gasteiger partial charge in [-0.05, 0) is 31.4 Å². The van der Waals surface area contributed by atoms with Crippen LogP contribution in [0.1, 0.15) is 25.3 Å². The van der Waals surface area contributed by atoms with Crippen LogP contribution < -0.4 is 11.1 Å². The van der Waals surface area contributed by atoms with Gasteiger partial charge < -0.3 is 11.1 Å². The highest BCUT2D eigenvalue weighted by Crippen LogP contribution is 2.04. The Bertz CT molecular complexity index is 256. The Labute approximate surface area is 85.7 Å². The van der Waals surface area contributed by atoms with E-state index in [2.05, 4.69) is 23.3 Å². The fourth-order valence-electron chi connectivity index (χ4n) is 1.16. The Kier molecular flexibility index (Phi) is 4.40.